The third-order valence-corrected chi connectivity index (χ3v) is 10.2. The third kappa shape index (κ3) is 23.3. The SMILES string of the molecule is CCCCCCCC/C=C\CCCCC(O)C(=O)NC(COC1OC(CO)C(O)C(O)C1O)C(O)CCCCCCCCCCCCCCCC. The molecule has 0 aliphatic carbocycles. The van der Waals surface area contributed by atoms with Crippen molar-refractivity contribution in [2.24, 2.45) is 0 Å². The zero-order valence-corrected chi connectivity index (χ0v) is 32.5. The Bertz CT molecular complexity index is 829. The number of aliphatic hydroxyl groups is 6. The van der Waals surface area contributed by atoms with Gasteiger partial charge < -0.3 is 45.4 Å². The van der Waals surface area contributed by atoms with E-state index in [-0.39, 0.29) is 6.61 Å². The average Bonchev–Trinajstić information content (AvgIpc) is 3.13. The largest absolute Gasteiger partial charge is 0.394 e. The zero-order valence-electron chi connectivity index (χ0n) is 32.5. The summed E-state index contributed by atoms with van der Waals surface area (Å²) in [6.45, 7) is 3.62. The number of nitrogens with one attached hydrogen (secondary N) is 1. The van der Waals surface area contributed by atoms with Crippen LogP contribution in [-0.4, -0.2) is 98.7 Å². The maximum atomic E-state index is 13.0. The molecule has 0 radical (unpaired) electrons. The summed E-state index contributed by atoms with van der Waals surface area (Å²) in [7, 11) is 0. The number of hydrogen-bond donors (Lipinski definition) is 7. The van der Waals surface area contributed by atoms with E-state index in [1.165, 1.54) is 103 Å². The van der Waals surface area contributed by atoms with Gasteiger partial charge in [-0.1, -0.05) is 154 Å². The smallest absolute Gasteiger partial charge is 0.249 e. The fraction of sp³-hybridized carbons (Fsp3) is 0.927. The predicted octanol–water partition coefficient (Wildman–Crippen LogP) is 6.75. The fourth-order valence-electron chi connectivity index (χ4n) is 6.69. The Labute approximate surface area is 310 Å². The first-order chi connectivity index (χ1) is 24.8. The van der Waals surface area contributed by atoms with E-state index in [9.17, 15) is 35.4 Å². The lowest BCUT2D eigenvalue weighted by Gasteiger charge is -2.40. The quantitative estimate of drug-likeness (QED) is 0.0280. The molecule has 0 aromatic rings. The van der Waals surface area contributed by atoms with E-state index in [0.29, 0.717) is 19.3 Å². The fourth-order valence-corrected chi connectivity index (χ4v) is 6.69. The average molecular weight is 730 g/mol. The van der Waals surface area contributed by atoms with Gasteiger partial charge in [0.1, 0.15) is 30.5 Å². The molecule has 1 aliphatic heterocycles. The Hall–Kier alpha value is -1.11. The van der Waals surface area contributed by atoms with Gasteiger partial charge >= 0.3 is 0 Å². The van der Waals surface area contributed by atoms with Crippen molar-refractivity contribution in [3.63, 3.8) is 0 Å². The van der Waals surface area contributed by atoms with E-state index < -0.39 is 61.5 Å². The molecule has 0 saturated carbocycles. The van der Waals surface area contributed by atoms with Crippen molar-refractivity contribution in [3.8, 4) is 0 Å². The molecule has 1 saturated heterocycles. The number of amides is 1. The molecule has 8 unspecified atom stereocenters. The van der Waals surface area contributed by atoms with Crippen LogP contribution in [0.2, 0.25) is 0 Å². The second kappa shape index (κ2) is 32.3. The molecule has 0 aromatic carbocycles. The summed E-state index contributed by atoms with van der Waals surface area (Å²) in [5, 5.41) is 64.5. The van der Waals surface area contributed by atoms with E-state index in [1.54, 1.807) is 0 Å². The Morgan fingerprint density at radius 1 is 0.647 bits per heavy atom. The maximum absolute atomic E-state index is 13.0. The zero-order chi connectivity index (χ0) is 37.5. The molecule has 10 heteroatoms. The monoisotopic (exact) mass is 730 g/mol. The van der Waals surface area contributed by atoms with Gasteiger partial charge in [0.15, 0.2) is 6.29 Å². The summed E-state index contributed by atoms with van der Waals surface area (Å²) in [5.74, 6) is -0.601. The molecule has 1 fully saturated rings. The van der Waals surface area contributed by atoms with Crippen LogP contribution in [0, 0.1) is 0 Å². The van der Waals surface area contributed by atoms with Crippen molar-refractivity contribution >= 4 is 5.91 Å². The van der Waals surface area contributed by atoms with Gasteiger partial charge in [0.2, 0.25) is 5.91 Å². The summed E-state index contributed by atoms with van der Waals surface area (Å²) in [5.41, 5.74) is 0. The van der Waals surface area contributed by atoms with Crippen LogP contribution >= 0.6 is 0 Å². The Kier molecular flexibility index (Phi) is 30.4. The lowest BCUT2D eigenvalue weighted by molar-refractivity contribution is -0.302. The molecule has 1 heterocycles. The summed E-state index contributed by atoms with van der Waals surface area (Å²) < 4.78 is 11.1. The van der Waals surface area contributed by atoms with Gasteiger partial charge in [0, 0.05) is 0 Å². The lowest BCUT2D eigenvalue weighted by atomic mass is 9.99. The van der Waals surface area contributed by atoms with Crippen molar-refractivity contribution in [2.45, 2.75) is 230 Å². The molecule has 7 N–H and O–H groups in total. The Balaban J connectivity index is 2.47. The second-order valence-corrected chi connectivity index (χ2v) is 14.9. The number of hydrogen-bond acceptors (Lipinski definition) is 9. The van der Waals surface area contributed by atoms with Crippen LogP contribution < -0.4 is 5.32 Å². The molecule has 8 atom stereocenters. The van der Waals surface area contributed by atoms with E-state index in [0.717, 1.165) is 44.9 Å². The van der Waals surface area contributed by atoms with Gasteiger partial charge in [-0.15, -0.1) is 0 Å². The number of rotatable bonds is 34. The molecular weight excluding hydrogens is 650 g/mol. The molecule has 0 aromatic heterocycles. The van der Waals surface area contributed by atoms with Crippen molar-refractivity contribution in [3.05, 3.63) is 12.2 Å². The summed E-state index contributed by atoms with van der Waals surface area (Å²) in [6.07, 6.45) is 24.0. The van der Waals surface area contributed by atoms with Gasteiger partial charge in [0.05, 0.1) is 25.4 Å². The molecule has 51 heavy (non-hydrogen) atoms. The van der Waals surface area contributed by atoms with Gasteiger partial charge in [-0.3, -0.25) is 4.79 Å². The van der Waals surface area contributed by atoms with E-state index in [4.69, 9.17) is 9.47 Å². The normalized spacial score (nSPS) is 22.7. The molecule has 0 spiro atoms. The number of carbonyl (C=O) groups is 1. The number of aliphatic hydroxyl groups excluding tert-OH is 6. The van der Waals surface area contributed by atoms with Gasteiger partial charge in [-0.05, 0) is 38.5 Å². The summed E-state index contributed by atoms with van der Waals surface area (Å²) in [4.78, 5) is 13.0. The summed E-state index contributed by atoms with van der Waals surface area (Å²) >= 11 is 0. The minimum absolute atomic E-state index is 0.260. The predicted molar refractivity (Wildman–Crippen MR) is 204 cm³/mol. The lowest BCUT2D eigenvalue weighted by Crippen LogP contribution is -2.60. The van der Waals surface area contributed by atoms with Gasteiger partial charge in [-0.25, -0.2) is 0 Å². The van der Waals surface area contributed by atoms with Gasteiger partial charge in [0.25, 0.3) is 0 Å². The topological polar surface area (TPSA) is 169 Å². The van der Waals surface area contributed by atoms with E-state index in [2.05, 4.69) is 31.3 Å². The highest BCUT2D eigenvalue weighted by Gasteiger charge is 2.44. The van der Waals surface area contributed by atoms with Crippen LogP contribution in [0.15, 0.2) is 12.2 Å². The molecule has 1 amide bonds. The highest BCUT2D eigenvalue weighted by atomic mass is 16.7. The first kappa shape index (κ1) is 47.9. The first-order valence-corrected chi connectivity index (χ1v) is 21.0. The Morgan fingerprint density at radius 2 is 1.10 bits per heavy atom. The highest BCUT2D eigenvalue weighted by molar-refractivity contribution is 5.80. The van der Waals surface area contributed by atoms with E-state index >= 15 is 0 Å². The van der Waals surface area contributed by atoms with Crippen LogP contribution in [-0.2, 0) is 14.3 Å². The maximum Gasteiger partial charge on any atom is 0.249 e. The van der Waals surface area contributed by atoms with Crippen molar-refractivity contribution in [1.82, 2.24) is 5.32 Å². The van der Waals surface area contributed by atoms with Crippen molar-refractivity contribution < 1.29 is 44.9 Å². The van der Waals surface area contributed by atoms with Crippen LogP contribution in [0.25, 0.3) is 0 Å². The van der Waals surface area contributed by atoms with Crippen molar-refractivity contribution in [1.29, 1.82) is 0 Å². The minimum Gasteiger partial charge on any atom is -0.394 e. The molecule has 0 bridgehead atoms. The summed E-state index contributed by atoms with van der Waals surface area (Å²) in [6, 6.07) is -0.897. The number of unbranched alkanes of at least 4 members (excludes halogenated alkanes) is 21. The third-order valence-electron chi connectivity index (χ3n) is 10.2. The molecule has 10 nitrogen and oxygen atoms in total. The minimum atomic E-state index is -1.60. The molecular formula is C41H79NO9. The number of allylic oxidation sites excluding steroid dienone is 2. The first-order valence-electron chi connectivity index (χ1n) is 21.0. The second-order valence-electron chi connectivity index (χ2n) is 14.9. The van der Waals surface area contributed by atoms with E-state index in [1.807, 2.05) is 0 Å². The number of carbonyl (C=O) groups excluding carboxylic acids is 1. The molecule has 302 valence electrons. The van der Waals surface area contributed by atoms with Crippen LogP contribution in [0.3, 0.4) is 0 Å². The number of ether oxygens (including phenoxy) is 2. The van der Waals surface area contributed by atoms with Crippen LogP contribution in [0.1, 0.15) is 181 Å². The van der Waals surface area contributed by atoms with Crippen LogP contribution in [0.5, 0.6) is 0 Å². The molecule has 1 aliphatic rings. The highest BCUT2D eigenvalue weighted by Crippen LogP contribution is 2.23. The molecule has 1 rings (SSSR count). The van der Waals surface area contributed by atoms with Crippen molar-refractivity contribution in [2.75, 3.05) is 13.2 Å². The standard InChI is InChI=1S/C41H79NO9/c1-3-5-7-9-11-13-15-17-18-20-21-23-25-27-29-34(44)33(32-50-41-39(48)38(47)37(46)36(31-43)51-41)42-40(49)35(45)30-28-26-24-22-19-16-14-12-10-8-6-4-2/h19,22,33-39,41,43-48H,3-18,20-21,23-32H2,1-2H3,(H,42,49)/b22-19-. The van der Waals surface area contributed by atoms with Crippen LogP contribution in [0.4, 0.5) is 0 Å². The Morgan fingerprint density at radius 3 is 1.61 bits per heavy atom. The van der Waals surface area contributed by atoms with Gasteiger partial charge in [-0.2, -0.15) is 0 Å².